The molecule has 0 aliphatic rings. The topological polar surface area (TPSA) is 85.4 Å². The molecule has 1 rings (SSSR count). The van der Waals surface area contributed by atoms with Gasteiger partial charge in [-0.15, -0.1) is 13.2 Å². The van der Waals surface area contributed by atoms with Crippen molar-refractivity contribution in [2.75, 3.05) is 0 Å². The van der Waals surface area contributed by atoms with Crippen molar-refractivity contribution in [3.63, 3.8) is 0 Å². The fraction of sp³-hybridized carbons (Fsp3) is 0.333. The molecular weight excluding hydrogens is 279 g/mol. The van der Waals surface area contributed by atoms with Crippen LogP contribution in [0.4, 0.5) is 22.0 Å². The van der Waals surface area contributed by atoms with Gasteiger partial charge in [0.05, 0.1) is 11.3 Å². The number of nitrogens with two attached hydrogens (primary N) is 1. The molecule has 106 valence electrons. The Morgan fingerprint density at radius 2 is 2.05 bits per heavy atom. The Balaban J connectivity index is 3.53. The molecule has 0 saturated carbocycles. The first kappa shape index (κ1) is 15.1. The predicted octanol–water partition coefficient (Wildman–Crippen LogP) is 2.07. The summed E-state index contributed by atoms with van der Waals surface area (Å²) in [6.07, 6.45) is -8.11. The lowest BCUT2D eigenvalue weighted by Crippen LogP contribution is -2.22. The second-order valence-corrected chi connectivity index (χ2v) is 3.22. The molecule has 0 aromatic carbocycles. The van der Waals surface area contributed by atoms with Gasteiger partial charge in [0.25, 0.3) is 6.43 Å². The number of nitrogens with zero attached hydrogens (tertiary/aromatic N) is 1. The van der Waals surface area contributed by atoms with Crippen LogP contribution in [-0.4, -0.2) is 22.4 Å². The molecule has 0 aliphatic heterocycles. The molecular formula is C9H7F5N2O3. The number of carboxylic acids is 1. The molecule has 19 heavy (non-hydrogen) atoms. The van der Waals surface area contributed by atoms with Crippen LogP contribution in [0.1, 0.15) is 28.0 Å². The molecule has 0 spiro atoms. The van der Waals surface area contributed by atoms with E-state index in [1.54, 1.807) is 0 Å². The lowest BCUT2D eigenvalue weighted by atomic mass is 10.1. The van der Waals surface area contributed by atoms with E-state index in [1.165, 1.54) is 0 Å². The number of hydrogen-bond donors (Lipinski definition) is 2. The molecule has 1 aromatic heterocycles. The summed E-state index contributed by atoms with van der Waals surface area (Å²) in [5.74, 6) is -3.31. The van der Waals surface area contributed by atoms with Crippen LogP contribution in [0.3, 0.4) is 0 Å². The standard InChI is InChI=1S/C9H7F5N2O3/c10-7(11)3-2-16-4(1-15)6(5(3)8(17)18)19-9(12,13)14/h2,7H,1,15H2,(H,17,18). The van der Waals surface area contributed by atoms with Crippen molar-refractivity contribution in [1.29, 1.82) is 0 Å². The maximum atomic E-state index is 12.6. The highest BCUT2D eigenvalue weighted by atomic mass is 19.4. The zero-order valence-corrected chi connectivity index (χ0v) is 9.04. The molecule has 1 aromatic rings. The number of alkyl halides is 5. The zero-order valence-electron chi connectivity index (χ0n) is 9.04. The molecule has 0 atom stereocenters. The largest absolute Gasteiger partial charge is 0.573 e. The number of rotatable bonds is 4. The first-order valence-electron chi connectivity index (χ1n) is 4.66. The number of aromatic carboxylic acids is 1. The molecule has 0 aliphatic carbocycles. The fourth-order valence-electron chi connectivity index (χ4n) is 1.30. The molecule has 3 N–H and O–H groups in total. The number of carboxylic acid groups (broad SMARTS) is 1. The molecule has 0 amide bonds. The van der Waals surface area contributed by atoms with E-state index in [4.69, 9.17) is 10.8 Å². The third-order valence-corrected chi connectivity index (χ3v) is 2.00. The first-order valence-corrected chi connectivity index (χ1v) is 4.66. The Labute approximate surface area is 102 Å². The summed E-state index contributed by atoms with van der Waals surface area (Å²) in [4.78, 5) is 14.1. The van der Waals surface area contributed by atoms with Gasteiger partial charge in [-0.3, -0.25) is 4.98 Å². The van der Waals surface area contributed by atoms with Crippen molar-refractivity contribution < 1.29 is 36.6 Å². The van der Waals surface area contributed by atoms with E-state index in [0.717, 1.165) is 0 Å². The number of aromatic nitrogens is 1. The minimum Gasteiger partial charge on any atom is -0.478 e. The summed E-state index contributed by atoms with van der Waals surface area (Å²) in [7, 11) is 0. The Morgan fingerprint density at radius 1 is 1.47 bits per heavy atom. The number of ether oxygens (including phenoxy) is 1. The van der Waals surface area contributed by atoms with Crippen molar-refractivity contribution in [2.24, 2.45) is 5.73 Å². The maximum absolute atomic E-state index is 12.6. The Morgan fingerprint density at radius 3 is 2.42 bits per heavy atom. The van der Waals surface area contributed by atoms with Crippen molar-refractivity contribution in [1.82, 2.24) is 4.98 Å². The molecule has 0 bridgehead atoms. The summed E-state index contributed by atoms with van der Waals surface area (Å²) < 4.78 is 65.1. The van der Waals surface area contributed by atoms with Crippen molar-refractivity contribution in [2.45, 2.75) is 19.3 Å². The average molecular weight is 286 g/mol. The van der Waals surface area contributed by atoms with Crippen molar-refractivity contribution in [3.05, 3.63) is 23.0 Å². The lowest BCUT2D eigenvalue weighted by Gasteiger charge is -2.16. The predicted molar refractivity (Wildman–Crippen MR) is 50.7 cm³/mol. The van der Waals surface area contributed by atoms with Crippen LogP contribution in [0, 0.1) is 0 Å². The van der Waals surface area contributed by atoms with Crippen LogP contribution in [0.25, 0.3) is 0 Å². The smallest absolute Gasteiger partial charge is 0.478 e. The number of pyridine rings is 1. The number of hydrogen-bond acceptors (Lipinski definition) is 4. The Bertz CT molecular complexity index is 489. The third-order valence-electron chi connectivity index (χ3n) is 2.00. The second-order valence-electron chi connectivity index (χ2n) is 3.22. The van der Waals surface area contributed by atoms with Gasteiger partial charge in [-0.2, -0.15) is 0 Å². The van der Waals surface area contributed by atoms with E-state index < -0.39 is 47.9 Å². The minimum absolute atomic E-state index is 0.458. The normalized spacial score (nSPS) is 11.7. The quantitative estimate of drug-likeness (QED) is 0.828. The van der Waals surface area contributed by atoms with Crippen LogP contribution in [-0.2, 0) is 6.54 Å². The van der Waals surface area contributed by atoms with E-state index in [1.807, 2.05) is 0 Å². The Kier molecular flexibility index (Phi) is 4.24. The van der Waals surface area contributed by atoms with E-state index in [0.29, 0.717) is 6.20 Å². The average Bonchev–Trinajstić information content (AvgIpc) is 2.25. The van der Waals surface area contributed by atoms with Gasteiger partial charge in [-0.05, 0) is 0 Å². The molecule has 0 fully saturated rings. The van der Waals surface area contributed by atoms with Crippen LogP contribution < -0.4 is 10.5 Å². The van der Waals surface area contributed by atoms with Gasteiger partial charge in [-0.25, -0.2) is 13.6 Å². The van der Waals surface area contributed by atoms with Crippen LogP contribution in [0.15, 0.2) is 6.20 Å². The van der Waals surface area contributed by atoms with E-state index in [9.17, 15) is 26.7 Å². The lowest BCUT2D eigenvalue weighted by molar-refractivity contribution is -0.275. The molecule has 0 unspecified atom stereocenters. The van der Waals surface area contributed by atoms with Gasteiger partial charge >= 0.3 is 12.3 Å². The summed E-state index contributed by atoms with van der Waals surface area (Å²) in [5.41, 5.74) is 2.01. The fourth-order valence-corrected chi connectivity index (χ4v) is 1.30. The Hall–Kier alpha value is -1.97. The van der Waals surface area contributed by atoms with Gasteiger partial charge in [0, 0.05) is 12.7 Å². The summed E-state index contributed by atoms with van der Waals surface area (Å²) in [6, 6.07) is 0. The zero-order chi connectivity index (χ0) is 14.8. The van der Waals surface area contributed by atoms with Gasteiger partial charge < -0.3 is 15.6 Å². The SMILES string of the molecule is NCc1ncc(C(F)F)c(C(=O)O)c1OC(F)(F)F. The molecule has 5 nitrogen and oxygen atoms in total. The highest BCUT2D eigenvalue weighted by Crippen LogP contribution is 2.34. The van der Waals surface area contributed by atoms with E-state index in [-0.39, 0.29) is 0 Å². The summed E-state index contributed by atoms with van der Waals surface area (Å²) in [6.45, 7) is -0.602. The third kappa shape index (κ3) is 3.50. The van der Waals surface area contributed by atoms with Crippen molar-refractivity contribution in [3.8, 4) is 5.75 Å². The second kappa shape index (κ2) is 5.34. The van der Waals surface area contributed by atoms with Crippen LogP contribution in [0.5, 0.6) is 5.75 Å². The van der Waals surface area contributed by atoms with Crippen molar-refractivity contribution >= 4 is 5.97 Å². The molecule has 0 saturated heterocycles. The summed E-state index contributed by atoms with van der Waals surface area (Å²) >= 11 is 0. The highest BCUT2D eigenvalue weighted by Gasteiger charge is 2.36. The number of halogens is 5. The number of carbonyl (C=O) groups is 1. The van der Waals surface area contributed by atoms with Gasteiger partial charge in [0.15, 0.2) is 5.75 Å². The summed E-state index contributed by atoms with van der Waals surface area (Å²) in [5, 5.41) is 8.76. The van der Waals surface area contributed by atoms with Gasteiger partial charge in [-0.1, -0.05) is 0 Å². The monoisotopic (exact) mass is 286 g/mol. The molecule has 10 heteroatoms. The van der Waals surface area contributed by atoms with Crippen LogP contribution >= 0.6 is 0 Å². The van der Waals surface area contributed by atoms with E-state index in [2.05, 4.69) is 9.72 Å². The van der Waals surface area contributed by atoms with Gasteiger partial charge in [0.2, 0.25) is 0 Å². The minimum atomic E-state index is -5.25. The van der Waals surface area contributed by atoms with Crippen LogP contribution in [0.2, 0.25) is 0 Å². The highest BCUT2D eigenvalue weighted by molar-refractivity contribution is 5.93. The van der Waals surface area contributed by atoms with E-state index >= 15 is 0 Å². The first-order chi connectivity index (χ1) is 8.67. The van der Waals surface area contributed by atoms with Gasteiger partial charge in [0.1, 0.15) is 5.56 Å². The molecule has 1 heterocycles. The maximum Gasteiger partial charge on any atom is 0.573 e. The molecule has 0 radical (unpaired) electrons.